The number of ether oxygens (including phenoxy) is 2. The fourth-order valence-electron chi connectivity index (χ4n) is 4.65. The van der Waals surface area contributed by atoms with E-state index in [0.29, 0.717) is 25.7 Å². The van der Waals surface area contributed by atoms with Gasteiger partial charge in [-0.05, 0) is 89.9 Å². The molecule has 0 aliphatic carbocycles. The topological polar surface area (TPSA) is 119 Å². The second kappa shape index (κ2) is 37.7. The highest BCUT2D eigenvalue weighted by Crippen LogP contribution is 2.35. The van der Waals surface area contributed by atoms with E-state index in [2.05, 4.69) is 97.4 Å². The van der Waals surface area contributed by atoms with E-state index in [9.17, 15) is 14.2 Å². The standard InChI is InChI=1S/C43H69O8P/c1-3-5-7-9-11-13-15-17-19-21-23-25-27-29-31-33-35-37-42(44)49-39-41(40-50-52(46,47)48)51-43(45)38-36-34-32-30-28-26-24-22-20-18-16-14-12-10-8-6-4-2/h11-14,17-20,23-26,29-32,41H,3-10,15-16,21-22,27-28,33-40H2,1-2H3,(H2,46,47,48)/b13-11-,14-12-,19-17-,20-18-,25-23-,26-24-,31-29-,32-30-/t41-/m1/s1. The smallest absolute Gasteiger partial charge is 0.462 e. The first-order valence-corrected chi connectivity index (χ1v) is 21.1. The van der Waals surface area contributed by atoms with E-state index in [1.54, 1.807) is 0 Å². The maximum absolute atomic E-state index is 12.4. The van der Waals surface area contributed by atoms with Crippen molar-refractivity contribution in [2.45, 2.75) is 148 Å². The first kappa shape index (κ1) is 49.0. The summed E-state index contributed by atoms with van der Waals surface area (Å²) in [6.45, 7) is 3.51. The van der Waals surface area contributed by atoms with Crippen molar-refractivity contribution in [3.63, 3.8) is 0 Å². The summed E-state index contributed by atoms with van der Waals surface area (Å²) in [7, 11) is -4.79. The summed E-state index contributed by atoms with van der Waals surface area (Å²) >= 11 is 0. The van der Waals surface area contributed by atoms with Crippen LogP contribution in [0.2, 0.25) is 0 Å². The van der Waals surface area contributed by atoms with Crippen LogP contribution in [0.25, 0.3) is 0 Å². The van der Waals surface area contributed by atoms with Crippen molar-refractivity contribution in [1.82, 2.24) is 0 Å². The van der Waals surface area contributed by atoms with Crippen LogP contribution in [0.3, 0.4) is 0 Å². The second-order valence-corrected chi connectivity index (χ2v) is 13.8. The molecular weight excluding hydrogens is 675 g/mol. The van der Waals surface area contributed by atoms with Gasteiger partial charge in [-0.25, -0.2) is 4.57 Å². The van der Waals surface area contributed by atoms with Crippen LogP contribution < -0.4 is 0 Å². The lowest BCUT2D eigenvalue weighted by molar-refractivity contribution is -0.161. The molecule has 0 rings (SSSR count). The molecule has 0 radical (unpaired) electrons. The van der Waals surface area contributed by atoms with Gasteiger partial charge < -0.3 is 19.3 Å². The molecule has 0 spiro atoms. The van der Waals surface area contributed by atoms with Gasteiger partial charge in [0.05, 0.1) is 6.61 Å². The fraction of sp³-hybridized carbons (Fsp3) is 0.581. The van der Waals surface area contributed by atoms with Gasteiger partial charge in [0.1, 0.15) is 6.61 Å². The third-order valence-corrected chi connectivity index (χ3v) is 8.06. The van der Waals surface area contributed by atoms with Crippen LogP contribution in [0.5, 0.6) is 0 Å². The Bertz CT molecular complexity index is 1160. The highest BCUT2D eigenvalue weighted by Gasteiger charge is 2.22. The van der Waals surface area contributed by atoms with Crippen LogP contribution >= 0.6 is 7.82 Å². The molecule has 0 heterocycles. The van der Waals surface area contributed by atoms with Crippen LogP contribution in [-0.4, -0.2) is 41.0 Å². The van der Waals surface area contributed by atoms with Crippen LogP contribution in [0, 0.1) is 0 Å². The molecule has 0 bridgehead atoms. The number of hydrogen-bond acceptors (Lipinski definition) is 6. The summed E-state index contributed by atoms with van der Waals surface area (Å²) in [5.74, 6) is -1.03. The Kier molecular flexibility index (Phi) is 35.5. The van der Waals surface area contributed by atoms with Gasteiger partial charge in [-0.15, -0.1) is 0 Å². The highest BCUT2D eigenvalue weighted by molar-refractivity contribution is 7.46. The first-order chi connectivity index (χ1) is 25.3. The quantitative estimate of drug-likeness (QED) is 0.0289. The van der Waals surface area contributed by atoms with Crippen LogP contribution in [0.1, 0.15) is 142 Å². The highest BCUT2D eigenvalue weighted by atomic mass is 31.2. The number of phosphoric acid groups is 1. The van der Waals surface area contributed by atoms with Gasteiger partial charge in [0.25, 0.3) is 0 Å². The van der Waals surface area contributed by atoms with Crippen LogP contribution in [0.15, 0.2) is 97.2 Å². The second-order valence-electron chi connectivity index (χ2n) is 12.5. The molecule has 0 saturated carbocycles. The number of carbonyl (C=O) groups excluding carboxylic acids is 2. The van der Waals surface area contributed by atoms with E-state index in [1.165, 1.54) is 44.9 Å². The summed E-state index contributed by atoms with van der Waals surface area (Å²) in [4.78, 5) is 42.7. The van der Waals surface area contributed by atoms with Gasteiger partial charge in [0.15, 0.2) is 6.10 Å². The molecule has 0 aliphatic heterocycles. The SMILES string of the molecule is CCCCC/C=C\C/C=C\C/C=C\C/C=C\CCCC(=O)OC[C@H](COP(=O)(O)O)OC(=O)CCC/C=C\C/C=C\C/C=C\C/C=C\CCCCC. The first-order valence-electron chi connectivity index (χ1n) is 19.5. The molecule has 0 aromatic carbocycles. The van der Waals surface area contributed by atoms with Crippen molar-refractivity contribution in [1.29, 1.82) is 0 Å². The molecule has 0 aromatic rings. The minimum atomic E-state index is -4.79. The molecule has 8 nitrogen and oxygen atoms in total. The van der Waals surface area contributed by atoms with Crippen LogP contribution in [0.4, 0.5) is 0 Å². The van der Waals surface area contributed by atoms with Gasteiger partial charge in [-0.1, -0.05) is 137 Å². The molecule has 0 aromatic heterocycles. The Balaban J connectivity index is 4.18. The van der Waals surface area contributed by atoms with Crippen molar-refractivity contribution in [3.05, 3.63) is 97.2 Å². The number of carbonyl (C=O) groups is 2. The molecule has 0 aliphatic rings. The number of hydrogen-bond donors (Lipinski definition) is 2. The molecule has 0 fully saturated rings. The Morgan fingerprint density at radius 3 is 1.21 bits per heavy atom. The average Bonchev–Trinajstić information content (AvgIpc) is 3.11. The van der Waals surface area contributed by atoms with Gasteiger partial charge in [0, 0.05) is 12.8 Å². The molecule has 0 amide bonds. The van der Waals surface area contributed by atoms with Gasteiger partial charge in [0.2, 0.25) is 0 Å². The predicted octanol–water partition coefficient (Wildman–Crippen LogP) is 11.8. The Hall–Kier alpha value is -3.03. The summed E-state index contributed by atoms with van der Waals surface area (Å²) in [5, 5.41) is 0. The molecule has 1 atom stereocenters. The molecule has 294 valence electrons. The van der Waals surface area contributed by atoms with Crippen molar-refractivity contribution >= 4 is 19.8 Å². The van der Waals surface area contributed by atoms with Gasteiger partial charge >= 0.3 is 19.8 Å². The minimum absolute atomic E-state index is 0.119. The van der Waals surface area contributed by atoms with E-state index in [1.807, 2.05) is 18.2 Å². The van der Waals surface area contributed by atoms with E-state index in [4.69, 9.17) is 19.3 Å². The maximum atomic E-state index is 12.4. The average molecular weight is 745 g/mol. The summed E-state index contributed by atoms with van der Waals surface area (Å²) in [6, 6.07) is 0. The van der Waals surface area contributed by atoms with Crippen molar-refractivity contribution in [2.24, 2.45) is 0 Å². The Morgan fingerprint density at radius 1 is 0.500 bits per heavy atom. The largest absolute Gasteiger partial charge is 0.469 e. The number of esters is 2. The zero-order valence-electron chi connectivity index (χ0n) is 32.2. The Morgan fingerprint density at radius 2 is 0.846 bits per heavy atom. The molecule has 9 heteroatoms. The molecule has 2 N–H and O–H groups in total. The maximum Gasteiger partial charge on any atom is 0.469 e. The number of allylic oxidation sites excluding steroid dienone is 16. The zero-order chi connectivity index (χ0) is 38.2. The molecule has 52 heavy (non-hydrogen) atoms. The van der Waals surface area contributed by atoms with Crippen molar-refractivity contribution < 1.29 is 37.9 Å². The monoisotopic (exact) mass is 744 g/mol. The summed E-state index contributed by atoms with van der Waals surface area (Å²) in [6.07, 6.45) is 51.4. The minimum Gasteiger partial charge on any atom is -0.462 e. The Labute approximate surface area is 315 Å². The van der Waals surface area contributed by atoms with E-state index in [0.717, 1.165) is 44.9 Å². The van der Waals surface area contributed by atoms with Crippen molar-refractivity contribution in [3.8, 4) is 0 Å². The lowest BCUT2D eigenvalue weighted by Crippen LogP contribution is -2.29. The van der Waals surface area contributed by atoms with Crippen molar-refractivity contribution in [2.75, 3.05) is 13.2 Å². The van der Waals surface area contributed by atoms with Gasteiger partial charge in [-0.3, -0.25) is 14.1 Å². The number of unbranched alkanes of at least 4 members (excludes halogenated alkanes) is 8. The zero-order valence-corrected chi connectivity index (χ0v) is 33.1. The summed E-state index contributed by atoms with van der Waals surface area (Å²) < 4.78 is 26.2. The van der Waals surface area contributed by atoms with E-state index in [-0.39, 0.29) is 19.4 Å². The molecule has 0 saturated heterocycles. The predicted molar refractivity (Wildman–Crippen MR) is 216 cm³/mol. The van der Waals surface area contributed by atoms with E-state index >= 15 is 0 Å². The summed E-state index contributed by atoms with van der Waals surface area (Å²) in [5.41, 5.74) is 0. The van der Waals surface area contributed by atoms with Crippen LogP contribution in [-0.2, 0) is 28.2 Å². The third kappa shape index (κ3) is 39.8. The number of phosphoric ester groups is 1. The molecular formula is C43H69O8P. The lowest BCUT2D eigenvalue weighted by Gasteiger charge is -2.18. The fourth-order valence-corrected chi connectivity index (χ4v) is 5.01. The third-order valence-electron chi connectivity index (χ3n) is 7.58. The molecule has 0 unspecified atom stereocenters. The van der Waals surface area contributed by atoms with Gasteiger partial charge in [-0.2, -0.15) is 0 Å². The van der Waals surface area contributed by atoms with E-state index < -0.39 is 32.5 Å². The number of rotatable bonds is 34. The normalized spacial score (nSPS) is 13.5. The lowest BCUT2D eigenvalue weighted by atomic mass is 10.2.